The normalized spacial score (nSPS) is 21.8. The number of morpholine rings is 1. The lowest BCUT2D eigenvalue weighted by atomic mass is 9.75. The molecule has 1 aromatic heterocycles. The van der Waals surface area contributed by atoms with Gasteiger partial charge in [-0.25, -0.2) is 0 Å². The maximum absolute atomic E-state index is 12.3. The standard InChI is InChI=1S/C16H24N2O3/c1-12-10-14(13(2)21-12)15(19)17-11-16(4-3-5-16)18-6-8-20-9-7-18/h10H,3-9,11H2,1-2H3,(H,17,19). The van der Waals surface area contributed by atoms with Crippen LogP contribution in [0.5, 0.6) is 0 Å². The highest BCUT2D eigenvalue weighted by molar-refractivity contribution is 5.95. The average molecular weight is 292 g/mol. The summed E-state index contributed by atoms with van der Waals surface area (Å²) >= 11 is 0. The third kappa shape index (κ3) is 2.85. The number of amides is 1. The van der Waals surface area contributed by atoms with Crippen molar-refractivity contribution in [3.63, 3.8) is 0 Å². The Morgan fingerprint density at radius 1 is 1.33 bits per heavy atom. The van der Waals surface area contributed by atoms with Crippen molar-refractivity contribution in [2.45, 2.75) is 38.6 Å². The summed E-state index contributed by atoms with van der Waals surface area (Å²) in [6.07, 6.45) is 3.57. The van der Waals surface area contributed by atoms with Crippen LogP contribution in [0.15, 0.2) is 10.5 Å². The molecule has 0 unspecified atom stereocenters. The van der Waals surface area contributed by atoms with E-state index in [1.54, 1.807) is 0 Å². The van der Waals surface area contributed by atoms with Crippen LogP contribution < -0.4 is 5.32 Å². The molecule has 1 N–H and O–H groups in total. The predicted octanol–water partition coefficient (Wildman–Crippen LogP) is 1.88. The first-order chi connectivity index (χ1) is 10.1. The molecule has 0 radical (unpaired) electrons. The maximum Gasteiger partial charge on any atom is 0.254 e. The van der Waals surface area contributed by atoms with E-state index in [2.05, 4.69) is 10.2 Å². The number of furan rings is 1. The number of carbonyl (C=O) groups is 1. The summed E-state index contributed by atoms with van der Waals surface area (Å²) < 4.78 is 10.9. The first kappa shape index (κ1) is 14.6. The minimum absolute atomic E-state index is 0.0242. The molecule has 5 nitrogen and oxygen atoms in total. The Labute approximate surface area is 125 Å². The van der Waals surface area contributed by atoms with E-state index in [0.717, 1.165) is 51.4 Å². The second-order valence-corrected chi connectivity index (χ2v) is 6.19. The number of nitrogens with one attached hydrogen (secondary N) is 1. The van der Waals surface area contributed by atoms with E-state index in [1.807, 2.05) is 19.9 Å². The average Bonchev–Trinajstić information content (AvgIpc) is 2.77. The molecule has 2 fully saturated rings. The van der Waals surface area contributed by atoms with Gasteiger partial charge in [-0.3, -0.25) is 9.69 Å². The van der Waals surface area contributed by atoms with Crippen molar-refractivity contribution in [2.24, 2.45) is 0 Å². The summed E-state index contributed by atoms with van der Waals surface area (Å²) in [6, 6.07) is 1.81. The molecule has 1 saturated heterocycles. The van der Waals surface area contributed by atoms with Crippen molar-refractivity contribution in [3.05, 3.63) is 23.2 Å². The quantitative estimate of drug-likeness (QED) is 0.920. The molecule has 1 amide bonds. The van der Waals surface area contributed by atoms with Crippen molar-refractivity contribution >= 4 is 5.91 Å². The van der Waals surface area contributed by atoms with Gasteiger partial charge >= 0.3 is 0 Å². The molecule has 1 aliphatic heterocycles. The summed E-state index contributed by atoms with van der Waals surface area (Å²) in [4.78, 5) is 14.8. The number of ether oxygens (including phenoxy) is 1. The molecule has 0 atom stereocenters. The van der Waals surface area contributed by atoms with Crippen LogP contribution in [0.4, 0.5) is 0 Å². The zero-order valence-electron chi connectivity index (χ0n) is 12.9. The van der Waals surface area contributed by atoms with Crippen molar-refractivity contribution in [1.29, 1.82) is 0 Å². The van der Waals surface area contributed by atoms with Gasteiger partial charge in [0.25, 0.3) is 5.91 Å². The van der Waals surface area contributed by atoms with Gasteiger partial charge in [0.05, 0.1) is 18.8 Å². The molecule has 116 valence electrons. The van der Waals surface area contributed by atoms with Gasteiger partial charge in [-0.2, -0.15) is 0 Å². The van der Waals surface area contributed by atoms with Gasteiger partial charge < -0.3 is 14.5 Å². The van der Waals surface area contributed by atoms with Gasteiger partial charge in [-0.1, -0.05) is 0 Å². The van der Waals surface area contributed by atoms with Crippen LogP contribution in [0, 0.1) is 13.8 Å². The van der Waals surface area contributed by atoms with E-state index in [4.69, 9.17) is 9.15 Å². The predicted molar refractivity (Wildman–Crippen MR) is 79.5 cm³/mol. The highest BCUT2D eigenvalue weighted by Crippen LogP contribution is 2.37. The Hall–Kier alpha value is -1.33. The fraction of sp³-hybridized carbons (Fsp3) is 0.688. The summed E-state index contributed by atoms with van der Waals surface area (Å²) in [5.74, 6) is 1.45. The van der Waals surface area contributed by atoms with Crippen molar-refractivity contribution < 1.29 is 13.9 Å². The molecule has 1 aromatic rings. The largest absolute Gasteiger partial charge is 0.466 e. The van der Waals surface area contributed by atoms with E-state index in [0.29, 0.717) is 11.3 Å². The highest BCUT2D eigenvalue weighted by Gasteiger charge is 2.43. The van der Waals surface area contributed by atoms with Crippen molar-refractivity contribution in [1.82, 2.24) is 10.2 Å². The second kappa shape index (κ2) is 5.81. The molecule has 5 heteroatoms. The molecule has 1 saturated carbocycles. The van der Waals surface area contributed by atoms with Crippen LogP contribution in [0.2, 0.25) is 0 Å². The molecule has 3 rings (SSSR count). The first-order valence-corrected chi connectivity index (χ1v) is 7.79. The minimum Gasteiger partial charge on any atom is -0.466 e. The molecule has 21 heavy (non-hydrogen) atoms. The van der Waals surface area contributed by atoms with Crippen LogP contribution in [-0.4, -0.2) is 49.2 Å². The van der Waals surface area contributed by atoms with Gasteiger partial charge in [-0.15, -0.1) is 0 Å². The lowest BCUT2D eigenvalue weighted by Crippen LogP contribution is -2.62. The van der Waals surface area contributed by atoms with E-state index < -0.39 is 0 Å². The van der Waals surface area contributed by atoms with Gasteiger partial charge in [0.1, 0.15) is 11.5 Å². The molecule has 2 heterocycles. The lowest BCUT2D eigenvalue weighted by molar-refractivity contribution is -0.0540. The van der Waals surface area contributed by atoms with Gasteiger partial charge in [0.2, 0.25) is 0 Å². The van der Waals surface area contributed by atoms with Crippen LogP contribution >= 0.6 is 0 Å². The molecule has 1 aliphatic carbocycles. The number of carbonyl (C=O) groups excluding carboxylic acids is 1. The fourth-order valence-corrected chi connectivity index (χ4v) is 3.42. The first-order valence-electron chi connectivity index (χ1n) is 7.79. The SMILES string of the molecule is Cc1cc(C(=O)NCC2(N3CCOCC3)CCC2)c(C)o1. The topological polar surface area (TPSA) is 54.7 Å². The number of hydrogen-bond donors (Lipinski definition) is 1. The summed E-state index contributed by atoms with van der Waals surface area (Å²) in [6.45, 7) is 7.97. The van der Waals surface area contributed by atoms with Crippen molar-refractivity contribution in [3.8, 4) is 0 Å². The Morgan fingerprint density at radius 3 is 2.57 bits per heavy atom. The smallest absolute Gasteiger partial charge is 0.254 e. The fourth-order valence-electron chi connectivity index (χ4n) is 3.42. The van der Waals surface area contributed by atoms with E-state index >= 15 is 0 Å². The third-order valence-electron chi connectivity index (χ3n) is 4.83. The van der Waals surface area contributed by atoms with Gasteiger partial charge in [0.15, 0.2) is 0 Å². The second-order valence-electron chi connectivity index (χ2n) is 6.19. The molecule has 0 bridgehead atoms. The Balaban J connectivity index is 1.62. The Kier molecular flexibility index (Phi) is 4.04. The Bertz CT molecular complexity index is 514. The molecule has 2 aliphatic rings. The summed E-state index contributed by atoms with van der Waals surface area (Å²) in [5.41, 5.74) is 0.801. The van der Waals surface area contributed by atoms with E-state index in [-0.39, 0.29) is 11.4 Å². The van der Waals surface area contributed by atoms with E-state index in [1.165, 1.54) is 6.42 Å². The molecular formula is C16H24N2O3. The highest BCUT2D eigenvalue weighted by atomic mass is 16.5. The number of aryl methyl sites for hydroxylation is 2. The summed E-state index contributed by atoms with van der Waals surface area (Å²) in [7, 11) is 0. The summed E-state index contributed by atoms with van der Waals surface area (Å²) in [5, 5.41) is 3.11. The molecular weight excluding hydrogens is 268 g/mol. The van der Waals surface area contributed by atoms with Gasteiger partial charge in [-0.05, 0) is 39.2 Å². The van der Waals surface area contributed by atoms with E-state index in [9.17, 15) is 4.79 Å². The molecule has 0 spiro atoms. The van der Waals surface area contributed by atoms with Crippen molar-refractivity contribution in [2.75, 3.05) is 32.8 Å². The van der Waals surface area contributed by atoms with Crippen LogP contribution in [-0.2, 0) is 4.74 Å². The minimum atomic E-state index is -0.0242. The van der Waals surface area contributed by atoms with Crippen LogP contribution in [0.25, 0.3) is 0 Å². The van der Waals surface area contributed by atoms with Crippen LogP contribution in [0.1, 0.15) is 41.1 Å². The zero-order chi connectivity index (χ0) is 14.9. The maximum atomic E-state index is 12.3. The Morgan fingerprint density at radius 2 is 2.05 bits per heavy atom. The number of hydrogen-bond acceptors (Lipinski definition) is 4. The van der Waals surface area contributed by atoms with Gasteiger partial charge in [0, 0.05) is 25.2 Å². The lowest BCUT2D eigenvalue weighted by Gasteiger charge is -2.51. The number of nitrogens with zero attached hydrogens (tertiary/aromatic N) is 1. The molecule has 0 aromatic carbocycles. The number of rotatable bonds is 4. The zero-order valence-corrected chi connectivity index (χ0v) is 12.9. The third-order valence-corrected chi connectivity index (χ3v) is 4.83. The monoisotopic (exact) mass is 292 g/mol. The van der Waals surface area contributed by atoms with Crippen LogP contribution in [0.3, 0.4) is 0 Å².